The van der Waals surface area contributed by atoms with Gasteiger partial charge in [0.05, 0.1) is 6.42 Å². The summed E-state index contributed by atoms with van der Waals surface area (Å²) in [5, 5.41) is 2.52. The Labute approximate surface area is 118 Å². The van der Waals surface area contributed by atoms with Crippen LogP contribution in [0.2, 0.25) is 0 Å². The number of nitrogens with one attached hydrogen (secondary N) is 1. The second-order valence-electron chi connectivity index (χ2n) is 5.22. The fraction of sp³-hybridized carbons (Fsp3) is 0.429. The van der Waals surface area contributed by atoms with Gasteiger partial charge in [0.1, 0.15) is 12.2 Å². The molecule has 3 N–H and O–H groups in total. The minimum absolute atomic E-state index is 0.0203. The number of esters is 1. The van der Waals surface area contributed by atoms with Gasteiger partial charge in [0.15, 0.2) is 0 Å². The Hall–Kier alpha value is -2.24. The zero-order valence-corrected chi connectivity index (χ0v) is 11.9. The van der Waals surface area contributed by atoms with Crippen LogP contribution in [0.15, 0.2) is 24.3 Å². The molecular weight excluding hydrogens is 260 g/mol. The van der Waals surface area contributed by atoms with Gasteiger partial charge in [-0.2, -0.15) is 0 Å². The third-order valence-corrected chi connectivity index (χ3v) is 2.12. The number of rotatable bonds is 4. The van der Waals surface area contributed by atoms with E-state index in [0.29, 0.717) is 11.4 Å². The van der Waals surface area contributed by atoms with Gasteiger partial charge < -0.3 is 15.2 Å². The van der Waals surface area contributed by atoms with E-state index >= 15 is 0 Å². The molecule has 0 aliphatic carbocycles. The molecule has 1 rings (SSSR count). The minimum Gasteiger partial charge on any atom is -0.460 e. The lowest BCUT2D eigenvalue weighted by Crippen LogP contribution is -2.25. The van der Waals surface area contributed by atoms with Crippen LogP contribution in [0.3, 0.4) is 0 Å². The summed E-state index contributed by atoms with van der Waals surface area (Å²) in [7, 11) is 0. The van der Waals surface area contributed by atoms with Gasteiger partial charge >= 0.3 is 12.1 Å². The van der Waals surface area contributed by atoms with E-state index in [1.54, 1.807) is 45.0 Å². The molecule has 0 unspecified atom stereocenters. The highest BCUT2D eigenvalue weighted by atomic mass is 16.6. The van der Waals surface area contributed by atoms with Crippen molar-refractivity contribution >= 4 is 23.4 Å². The fourth-order valence-corrected chi connectivity index (χ4v) is 1.34. The lowest BCUT2D eigenvalue weighted by Gasteiger charge is -2.19. The first-order chi connectivity index (χ1) is 9.26. The van der Waals surface area contributed by atoms with Crippen LogP contribution >= 0.6 is 0 Å². The summed E-state index contributed by atoms with van der Waals surface area (Å²) < 4.78 is 9.97. The number of hydrogen-bond acceptors (Lipinski definition) is 5. The van der Waals surface area contributed by atoms with Gasteiger partial charge in [-0.3, -0.25) is 10.1 Å². The standard InChI is InChI=1S/C14H20N2O4/c1-14(2,3)20-12(17)8-9-19-13(18)16-11-6-4-10(15)5-7-11/h4-7H,8-9,15H2,1-3H3,(H,16,18). The van der Waals surface area contributed by atoms with Crippen molar-refractivity contribution in [2.75, 3.05) is 17.7 Å². The molecule has 0 saturated carbocycles. The van der Waals surface area contributed by atoms with E-state index in [9.17, 15) is 9.59 Å². The number of hydrogen-bond donors (Lipinski definition) is 2. The Morgan fingerprint density at radius 2 is 1.80 bits per heavy atom. The zero-order valence-electron chi connectivity index (χ0n) is 11.9. The van der Waals surface area contributed by atoms with E-state index in [1.807, 2.05) is 0 Å². The summed E-state index contributed by atoms with van der Waals surface area (Å²) in [6.45, 7) is 5.30. The number of carbonyl (C=O) groups excluding carboxylic acids is 2. The van der Waals surface area contributed by atoms with Crippen LogP contribution in [0.5, 0.6) is 0 Å². The highest BCUT2D eigenvalue weighted by Gasteiger charge is 2.16. The molecule has 6 heteroatoms. The van der Waals surface area contributed by atoms with Gasteiger partial charge in [-0.15, -0.1) is 0 Å². The largest absolute Gasteiger partial charge is 0.460 e. The highest BCUT2D eigenvalue weighted by molar-refractivity contribution is 5.85. The van der Waals surface area contributed by atoms with Gasteiger partial charge in [0, 0.05) is 11.4 Å². The Kier molecular flexibility index (Phi) is 5.37. The van der Waals surface area contributed by atoms with E-state index in [0.717, 1.165) is 0 Å². The predicted octanol–water partition coefficient (Wildman–Crippen LogP) is 2.55. The van der Waals surface area contributed by atoms with E-state index in [2.05, 4.69) is 5.32 Å². The lowest BCUT2D eigenvalue weighted by atomic mass is 10.2. The molecule has 0 spiro atoms. The summed E-state index contributed by atoms with van der Waals surface area (Å²) in [6, 6.07) is 6.64. The normalized spacial score (nSPS) is 10.8. The summed E-state index contributed by atoms with van der Waals surface area (Å²) in [4.78, 5) is 22.8. The number of carbonyl (C=O) groups is 2. The summed E-state index contributed by atoms with van der Waals surface area (Å²) in [6.07, 6.45) is -0.606. The molecule has 0 fully saturated rings. The molecule has 0 heterocycles. The Morgan fingerprint density at radius 1 is 1.20 bits per heavy atom. The Balaban J connectivity index is 2.27. The number of benzene rings is 1. The summed E-state index contributed by atoms with van der Waals surface area (Å²) >= 11 is 0. The molecule has 1 aromatic carbocycles. The van der Waals surface area contributed by atoms with Crippen LogP contribution in [0.4, 0.5) is 16.2 Å². The maximum absolute atomic E-state index is 11.4. The second kappa shape index (κ2) is 6.79. The molecule has 0 saturated heterocycles. The molecule has 0 aromatic heterocycles. The molecule has 0 atom stereocenters. The van der Waals surface area contributed by atoms with Crippen molar-refractivity contribution in [1.82, 2.24) is 0 Å². The van der Waals surface area contributed by atoms with Gasteiger partial charge in [0.2, 0.25) is 0 Å². The van der Waals surface area contributed by atoms with Crippen LogP contribution in [0, 0.1) is 0 Å². The van der Waals surface area contributed by atoms with Crippen molar-refractivity contribution in [3.05, 3.63) is 24.3 Å². The first-order valence-corrected chi connectivity index (χ1v) is 6.27. The first-order valence-electron chi connectivity index (χ1n) is 6.27. The highest BCUT2D eigenvalue weighted by Crippen LogP contribution is 2.11. The van der Waals surface area contributed by atoms with Crippen molar-refractivity contribution in [2.24, 2.45) is 0 Å². The van der Waals surface area contributed by atoms with Crippen LogP contribution in [0.25, 0.3) is 0 Å². The van der Waals surface area contributed by atoms with Crippen molar-refractivity contribution in [1.29, 1.82) is 0 Å². The Morgan fingerprint density at radius 3 is 2.35 bits per heavy atom. The van der Waals surface area contributed by atoms with Gasteiger partial charge in [-0.05, 0) is 45.0 Å². The number of nitrogen functional groups attached to an aromatic ring is 1. The van der Waals surface area contributed by atoms with Gasteiger partial charge in [-0.25, -0.2) is 4.79 Å². The molecule has 6 nitrogen and oxygen atoms in total. The van der Waals surface area contributed by atoms with Crippen molar-refractivity contribution < 1.29 is 19.1 Å². The Bertz CT molecular complexity index is 463. The van der Waals surface area contributed by atoms with E-state index in [-0.39, 0.29) is 13.0 Å². The second-order valence-corrected chi connectivity index (χ2v) is 5.22. The lowest BCUT2D eigenvalue weighted by molar-refractivity contribution is -0.155. The minimum atomic E-state index is -0.627. The van der Waals surface area contributed by atoms with Crippen LogP contribution in [-0.2, 0) is 14.3 Å². The number of anilines is 2. The fourth-order valence-electron chi connectivity index (χ4n) is 1.34. The SMILES string of the molecule is CC(C)(C)OC(=O)CCOC(=O)Nc1ccc(N)cc1. The first kappa shape index (κ1) is 15.8. The summed E-state index contributed by atoms with van der Waals surface area (Å²) in [5.41, 5.74) is 6.16. The average molecular weight is 280 g/mol. The van der Waals surface area contributed by atoms with Crippen molar-refractivity contribution in [2.45, 2.75) is 32.8 Å². The van der Waals surface area contributed by atoms with Crippen LogP contribution in [-0.4, -0.2) is 24.3 Å². The summed E-state index contributed by atoms with van der Waals surface area (Å²) in [5.74, 6) is -0.405. The third kappa shape index (κ3) is 6.63. The quantitative estimate of drug-likeness (QED) is 0.653. The molecule has 1 aromatic rings. The predicted molar refractivity (Wildman–Crippen MR) is 76.3 cm³/mol. The number of amides is 1. The number of ether oxygens (including phenoxy) is 2. The van der Waals surface area contributed by atoms with E-state index < -0.39 is 17.7 Å². The molecule has 0 aliphatic heterocycles. The van der Waals surface area contributed by atoms with Gasteiger partial charge in [0.25, 0.3) is 0 Å². The maximum atomic E-state index is 11.4. The topological polar surface area (TPSA) is 90.6 Å². The van der Waals surface area contributed by atoms with E-state index in [1.165, 1.54) is 0 Å². The smallest absolute Gasteiger partial charge is 0.411 e. The van der Waals surface area contributed by atoms with Crippen LogP contribution < -0.4 is 11.1 Å². The van der Waals surface area contributed by atoms with Crippen molar-refractivity contribution in [3.8, 4) is 0 Å². The van der Waals surface area contributed by atoms with Crippen LogP contribution in [0.1, 0.15) is 27.2 Å². The monoisotopic (exact) mass is 280 g/mol. The molecule has 0 radical (unpaired) electrons. The maximum Gasteiger partial charge on any atom is 0.411 e. The average Bonchev–Trinajstić information content (AvgIpc) is 2.29. The van der Waals surface area contributed by atoms with E-state index in [4.69, 9.17) is 15.2 Å². The molecule has 0 aliphatic rings. The number of nitrogens with two attached hydrogens (primary N) is 1. The molecule has 1 amide bonds. The molecule has 0 bridgehead atoms. The zero-order chi connectivity index (χ0) is 15.2. The molecule has 20 heavy (non-hydrogen) atoms. The molecule has 110 valence electrons. The van der Waals surface area contributed by atoms with Crippen molar-refractivity contribution in [3.63, 3.8) is 0 Å². The van der Waals surface area contributed by atoms with Gasteiger partial charge in [-0.1, -0.05) is 0 Å². The third-order valence-electron chi connectivity index (χ3n) is 2.12. The molecular formula is C14H20N2O4.